The molecule has 0 saturated heterocycles. The normalized spacial score (nSPS) is 14.2. The second kappa shape index (κ2) is 23.7. The molecule has 0 aromatic rings. The van der Waals surface area contributed by atoms with Gasteiger partial charge in [-0.05, 0) is 12.8 Å². The quantitative estimate of drug-likeness (QED) is 0.0719. The summed E-state index contributed by atoms with van der Waals surface area (Å²) in [5, 5.41) is 3.29. The van der Waals surface area contributed by atoms with Crippen LogP contribution in [0.5, 0.6) is 0 Å². The van der Waals surface area contributed by atoms with E-state index in [4.69, 9.17) is 13.8 Å². The number of phosphoric acid groups is 1. The predicted octanol–water partition coefficient (Wildman–Crippen LogP) is 6.91. The van der Waals surface area contributed by atoms with Gasteiger partial charge >= 0.3 is 7.82 Å². The average molecular weight is 559 g/mol. The Hall–Kier alpha value is 0.0200. The predicted molar refractivity (Wildman–Crippen MR) is 139 cm³/mol. The van der Waals surface area contributed by atoms with Crippen LogP contribution < -0.4 is 5.32 Å². The summed E-state index contributed by atoms with van der Waals surface area (Å²) in [5.74, 6) is -0.0223. The Morgan fingerprint density at radius 1 is 0.848 bits per heavy atom. The van der Waals surface area contributed by atoms with E-state index in [1.807, 2.05) is 6.92 Å². The lowest BCUT2D eigenvalue weighted by molar-refractivity contribution is -0.122. The van der Waals surface area contributed by atoms with Gasteiger partial charge < -0.3 is 14.9 Å². The van der Waals surface area contributed by atoms with E-state index in [0.717, 1.165) is 19.3 Å². The third-order valence-corrected chi connectivity index (χ3v) is 6.66. The largest absolute Gasteiger partial charge is 0.472 e. The van der Waals surface area contributed by atoms with Gasteiger partial charge in [0, 0.05) is 24.9 Å². The molecule has 0 aliphatic heterocycles. The van der Waals surface area contributed by atoms with E-state index in [1.54, 1.807) is 0 Å². The number of carbonyl (C=O) groups excluding carboxylic acids is 1. The molecule has 7 nitrogen and oxygen atoms in total. The van der Waals surface area contributed by atoms with Crippen molar-refractivity contribution in [3.63, 3.8) is 0 Å². The van der Waals surface area contributed by atoms with Crippen LogP contribution in [0.25, 0.3) is 0 Å². The van der Waals surface area contributed by atoms with E-state index in [0.29, 0.717) is 18.4 Å². The molecular weight excluding hydrogens is 509 g/mol. The van der Waals surface area contributed by atoms with Gasteiger partial charge in [-0.1, -0.05) is 107 Å². The molecule has 0 spiro atoms. The van der Waals surface area contributed by atoms with Crippen molar-refractivity contribution < 1.29 is 28.0 Å². The number of phosphoric ester groups is 1. The van der Waals surface area contributed by atoms with Gasteiger partial charge in [0.2, 0.25) is 5.91 Å². The molecule has 9 heteroatoms. The monoisotopic (exact) mass is 557 g/mol. The number of nitrogens with one attached hydrogen (secondary N) is 1. The fraction of sp³-hybridized carbons (Fsp3) is 0.958. The van der Waals surface area contributed by atoms with Gasteiger partial charge in [-0.3, -0.25) is 13.8 Å². The Morgan fingerprint density at radius 2 is 1.39 bits per heavy atom. The Morgan fingerprint density at radius 3 is 1.91 bits per heavy atom. The molecule has 33 heavy (non-hydrogen) atoms. The van der Waals surface area contributed by atoms with Crippen LogP contribution in [0.15, 0.2) is 0 Å². The number of rotatable bonds is 25. The van der Waals surface area contributed by atoms with Gasteiger partial charge in [-0.15, -0.1) is 0 Å². The summed E-state index contributed by atoms with van der Waals surface area (Å²) in [7, 11) is -4.11. The van der Waals surface area contributed by atoms with Crippen molar-refractivity contribution in [2.75, 3.05) is 31.7 Å². The first-order chi connectivity index (χ1) is 15.9. The lowest BCUT2D eigenvalue weighted by atomic mass is 10.0. The molecule has 0 bridgehead atoms. The molecule has 0 radical (unpaired) electrons. The van der Waals surface area contributed by atoms with Crippen LogP contribution in [-0.4, -0.2) is 48.6 Å². The molecular formula is C24H49BrNO6P. The Balaban J connectivity index is 3.78. The van der Waals surface area contributed by atoms with Crippen LogP contribution in [0.3, 0.4) is 0 Å². The number of ether oxygens (including phenoxy) is 1. The maximum absolute atomic E-state index is 12.1. The van der Waals surface area contributed by atoms with Crippen molar-refractivity contribution in [2.24, 2.45) is 0 Å². The molecule has 0 saturated carbocycles. The maximum Gasteiger partial charge on any atom is 0.472 e. The van der Waals surface area contributed by atoms with Crippen molar-refractivity contribution in [1.29, 1.82) is 0 Å². The minimum atomic E-state index is -4.11. The third-order valence-electron chi connectivity index (χ3n) is 5.35. The summed E-state index contributed by atoms with van der Waals surface area (Å²) < 4.78 is 27.2. The van der Waals surface area contributed by atoms with Gasteiger partial charge in [-0.2, -0.15) is 0 Å². The number of amides is 1. The zero-order valence-electron chi connectivity index (χ0n) is 21.0. The Labute approximate surface area is 210 Å². The molecule has 2 unspecified atom stereocenters. The van der Waals surface area contributed by atoms with Crippen LogP contribution in [0, 0.1) is 0 Å². The number of halogens is 1. The number of hydrogen-bond donors (Lipinski definition) is 2. The van der Waals surface area contributed by atoms with Gasteiger partial charge in [-0.25, -0.2) is 4.57 Å². The summed E-state index contributed by atoms with van der Waals surface area (Å²) >= 11 is 3.13. The van der Waals surface area contributed by atoms with Gasteiger partial charge in [0.1, 0.15) is 0 Å². The number of unbranched alkanes of at least 4 members (excludes halogenated alkanes) is 12. The smallest absolute Gasteiger partial charge is 0.374 e. The van der Waals surface area contributed by atoms with Crippen LogP contribution in [-0.2, 0) is 23.1 Å². The lowest BCUT2D eigenvalue weighted by Gasteiger charge is -2.20. The highest BCUT2D eigenvalue weighted by Gasteiger charge is 2.23. The summed E-state index contributed by atoms with van der Waals surface area (Å²) in [6.45, 7) is 4.92. The first-order valence-corrected chi connectivity index (χ1v) is 15.6. The average Bonchev–Trinajstić information content (AvgIpc) is 2.80. The fourth-order valence-corrected chi connectivity index (χ4v) is 4.60. The Bertz CT molecular complexity index is 498. The van der Waals surface area contributed by atoms with Gasteiger partial charge in [0.05, 0.1) is 19.3 Å². The highest BCUT2D eigenvalue weighted by Crippen LogP contribution is 2.43. The number of hydrogen-bond acceptors (Lipinski definition) is 5. The van der Waals surface area contributed by atoms with Gasteiger partial charge in [0.25, 0.3) is 0 Å². The molecule has 2 atom stereocenters. The second-order valence-electron chi connectivity index (χ2n) is 8.58. The summed E-state index contributed by atoms with van der Waals surface area (Å²) in [6.07, 6.45) is 17.4. The molecule has 0 rings (SSSR count). The molecule has 0 heterocycles. The molecule has 0 fully saturated rings. The van der Waals surface area contributed by atoms with Crippen molar-refractivity contribution in [3.8, 4) is 0 Å². The number of alkyl halides is 1. The summed E-state index contributed by atoms with van der Waals surface area (Å²) in [6, 6.07) is 0. The van der Waals surface area contributed by atoms with E-state index in [-0.39, 0.29) is 25.7 Å². The molecule has 0 aromatic heterocycles. The lowest BCUT2D eigenvalue weighted by Crippen LogP contribution is -2.36. The molecule has 198 valence electrons. The van der Waals surface area contributed by atoms with E-state index in [2.05, 4.69) is 28.2 Å². The first kappa shape index (κ1) is 33.0. The minimum absolute atomic E-state index is 0.0223. The summed E-state index contributed by atoms with van der Waals surface area (Å²) in [4.78, 5) is 21.8. The van der Waals surface area contributed by atoms with E-state index < -0.39 is 13.9 Å². The van der Waals surface area contributed by atoms with Crippen molar-refractivity contribution >= 4 is 29.7 Å². The third kappa shape index (κ3) is 23.5. The minimum Gasteiger partial charge on any atom is -0.374 e. The zero-order chi connectivity index (χ0) is 24.6. The standard InChI is InChI=1S/C24H49BrNO6P/c1-3-5-6-7-8-9-10-11-12-13-14-15-16-17-24(27)26-21-23(30-19-4-2)22-32-33(28,29)31-20-18-25/h23H,3-22H2,1-2H3,(H,26,27)(H,28,29). The van der Waals surface area contributed by atoms with Crippen LogP contribution in [0.2, 0.25) is 0 Å². The highest BCUT2D eigenvalue weighted by molar-refractivity contribution is 9.09. The van der Waals surface area contributed by atoms with Crippen molar-refractivity contribution in [3.05, 3.63) is 0 Å². The molecule has 0 aliphatic rings. The topological polar surface area (TPSA) is 94.1 Å². The maximum atomic E-state index is 12.1. The van der Waals surface area contributed by atoms with E-state index in [1.165, 1.54) is 70.6 Å². The van der Waals surface area contributed by atoms with Crippen molar-refractivity contribution in [2.45, 2.75) is 116 Å². The fourth-order valence-electron chi connectivity index (χ4n) is 3.43. The second-order valence-corrected chi connectivity index (χ2v) is 10.8. The van der Waals surface area contributed by atoms with Crippen molar-refractivity contribution in [1.82, 2.24) is 5.32 Å². The van der Waals surface area contributed by atoms with Crippen LogP contribution >= 0.6 is 23.8 Å². The molecule has 0 aliphatic carbocycles. The molecule has 2 N–H and O–H groups in total. The zero-order valence-corrected chi connectivity index (χ0v) is 23.5. The van der Waals surface area contributed by atoms with Crippen LogP contribution in [0.1, 0.15) is 110 Å². The Kier molecular flexibility index (Phi) is 23.8. The molecule has 1 amide bonds. The van der Waals surface area contributed by atoms with E-state index >= 15 is 0 Å². The highest BCUT2D eigenvalue weighted by atomic mass is 79.9. The molecule has 0 aromatic carbocycles. The van der Waals surface area contributed by atoms with Gasteiger partial charge in [0.15, 0.2) is 0 Å². The first-order valence-electron chi connectivity index (χ1n) is 13.0. The summed E-state index contributed by atoms with van der Waals surface area (Å²) in [5.41, 5.74) is 0. The SMILES string of the molecule is CCCCCCCCCCCCCCCC(=O)NCC(COP(=O)(O)OCCBr)OCCC. The van der Waals surface area contributed by atoms with E-state index in [9.17, 15) is 14.3 Å². The number of carbonyl (C=O) groups is 1. The van der Waals surface area contributed by atoms with Crippen LogP contribution in [0.4, 0.5) is 0 Å².